The number of aromatic amines is 1. The lowest BCUT2D eigenvalue weighted by molar-refractivity contribution is 0.102. The zero-order valence-corrected chi connectivity index (χ0v) is 14.9. The number of aromatic nitrogens is 4. The van der Waals surface area contributed by atoms with E-state index in [1.54, 1.807) is 19.1 Å². The van der Waals surface area contributed by atoms with Crippen LogP contribution in [0.15, 0.2) is 24.3 Å². The van der Waals surface area contributed by atoms with E-state index in [9.17, 15) is 9.18 Å². The molecule has 130 valence electrons. The summed E-state index contributed by atoms with van der Waals surface area (Å²) in [5.41, 5.74) is 1.23. The Kier molecular flexibility index (Phi) is 4.89. The smallest absolute Gasteiger partial charge is 0.270 e. The molecular weight excluding hydrogens is 341 g/mol. The van der Waals surface area contributed by atoms with E-state index in [0.717, 1.165) is 12.2 Å². The number of halogens is 1. The molecule has 1 aromatic carbocycles. The molecule has 0 aliphatic heterocycles. The highest BCUT2D eigenvalue weighted by molar-refractivity contribution is 7.17. The normalized spacial score (nSPS) is 11.1. The lowest BCUT2D eigenvalue weighted by atomic mass is 10.1. The predicted octanol–water partition coefficient (Wildman–Crippen LogP) is 3.83. The maximum Gasteiger partial charge on any atom is 0.270 e. The van der Waals surface area contributed by atoms with Crippen LogP contribution in [0.2, 0.25) is 0 Å². The number of nitrogens with one attached hydrogen (secondary N) is 2. The van der Waals surface area contributed by atoms with Crippen LogP contribution in [-0.2, 0) is 6.42 Å². The lowest BCUT2D eigenvalue weighted by Gasteiger charge is -1.99. The second-order valence-corrected chi connectivity index (χ2v) is 7.10. The van der Waals surface area contributed by atoms with Gasteiger partial charge in [-0.25, -0.2) is 9.37 Å². The molecule has 25 heavy (non-hydrogen) atoms. The summed E-state index contributed by atoms with van der Waals surface area (Å²) in [6.07, 6.45) is 0.756. The number of H-pyrrole nitrogens is 1. The van der Waals surface area contributed by atoms with E-state index in [0.29, 0.717) is 27.1 Å². The van der Waals surface area contributed by atoms with Gasteiger partial charge in [0.15, 0.2) is 0 Å². The molecule has 0 bridgehead atoms. The maximum atomic E-state index is 13.4. The van der Waals surface area contributed by atoms with Gasteiger partial charge >= 0.3 is 0 Å². The van der Waals surface area contributed by atoms with Gasteiger partial charge in [0.2, 0.25) is 5.95 Å². The molecule has 0 saturated carbocycles. The molecule has 0 radical (unpaired) electrons. The van der Waals surface area contributed by atoms with Crippen LogP contribution in [0.4, 0.5) is 10.3 Å². The monoisotopic (exact) mass is 359 g/mol. The highest BCUT2D eigenvalue weighted by Crippen LogP contribution is 2.28. The number of aryl methyl sites for hydroxylation is 1. The predicted molar refractivity (Wildman–Crippen MR) is 95.1 cm³/mol. The van der Waals surface area contributed by atoms with Gasteiger partial charge < -0.3 is 0 Å². The van der Waals surface area contributed by atoms with E-state index in [2.05, 4.69) is 39.3 Å². The summed E-state index contributed by atoms with van der Waals surface area (Å²) >= 11 is 1.21. The molecule has 6 nitrogen and oxygen atoms in total. The van der Waals surface area contributed by atoms with Crippen LogP contribution in [0.3, 0.4) is 0 Å². The first-order chi connectivity index (χ1) is 11.9. The third kappa shape index (κ3) is 4.08. The van der Waals surface area contributed by atoms with Crippen LogP contribution in [0.5, 0.6) is 0 Å². The largest absolute Gasteiger partial charge is 0.288 e. The summed E-state index contributed by atoms with van der Waals surface area (Å²) in [5, 5.41) is 10.1. The van der Waals surface area contributed by atoms with Gasteiger partial charge in [-0.2, -0.15) is 4.98 Å². The minimum Gasteiger partial charge on any atom is -0.288 e. The molecule has 0 fully saturated rings. The summed E-state index contributed by atoms with van der Waals surface area (Å²) in [6.45, 7) is 5.90. The quantitative estimate of drug-likeness (QED) is 0.725. The molecule has 0 aliphatic rings. The lowest BCUT2D eigenvalue weighted by Crippen LogP contribution is -2.12. The molecule has 0 saturated heterocycles. The number of carbonyl (C=O) groups excluding carboxylic acids is 1. The third-order valence-corrected chi connectivity index (χ3v) is 4.64. The minimum atomic E-state index is -0.338. The van der Waals surface area contributed by atoms with Gasteiger partial charge in [-0.3, -0.25) is 15.2 Å². The first kappa shape index (κ1) is 17.2. The fraction of sp³-hybridized carbons (Fsp3) is 0.294. The first-order valence-corrected chi connectivity index (χ1v) is 8.70. The average Bonchev–Trinajstić information content (AvgIpc) is 3.13. The van der Waals surface area contributed by atoms with E-state index in [1.165, 1.54) is 23.5 Å². The van der Waals surface area contributed by atoms with Crippen LogP contribution in [0.25, 0.3) is 10.6 Å². The van der Waals surface area contributed by atoms with Crippen LogP contribution in [0, 0.1) is 18.7 Å². The van der Waals surface area contributed by atoms with Crippen molar-refractivity contribution in [3.8, 4) is 10.6 Å². The van der Waals surface area contributed by atoms with Crippen molar-refractivity contribution in [2.75, 3.05) is 5.32 Å². The van der Waals surface area contributed by atoms with Gasteiger partial charge in [0, 0.05) is 12.0 Å². The molecule has 8 heteroatoms. The van der Waals surface area contributed by atoms with Crippen molar-refractivity contribution >= 4 is 23.2 Å². The van der Waals surface area contributed by atoms with Gasteiger partial charge in [0.25, 0.3) is 5.91 Å². The van der Waals surface area contributed by atoms with Crippen LogP contribution in [0.1, 0.15) is 35.0 Å². The molecular formula is C17H18FN5OS. The summed E-state index contributed by atoms with van der Waals surface area (Å²) in [4.78, 5) is 21.6. The molecule has 0 aliphatic carbocycles. The molecule has 1 amide bonds. The number of nitrogens with zero attached hydrogens (tertiary/aromatic N) is 3. The molecule has 2 N–H and O–H groups in total. The third-order valence-electron chi connectivity index (χ3n) is 3.43. The zero-order valence-electron chi connectivity index (χ0n) is 14.1. The average molecular weight is 359 g/mol. The Morgan fingerprint density at radius 1 is 1.36 bits per heavy atom. The Morgan fingerprint density at radius 2 is 2.16 bits per heavy atom. The Morgan fingerprint density at radius 3 is 2.88 bits per heavy atom. The number of benzene rings is 1. The van der Waals surface area contributed by atoms with Crippen molar-refractivity contribution in [3.63, 3.8) is 0 Å². The highest BCUT2D eigenvalue weighted by Gasteiger charge is 2.18. The second kappa shape index (κ2) is 7.10. The van der Waals surface area contributed by atoms with Crippen molar-refractivity contribution in [2.24, 2.45) is 5.92 Å². The van der Waals surface area contributed by atoms with Gasteiger partial charge in [0.05, 0.1) is 5.69 Å². The van der Waals surface area contributed by atoms with Crippen LogP contribution < -0.4 is 5.32 Å². The van der Waals surface area contributed by atoms with Crippen molar-refractivity contribution in [1.82, 2.24) is 20.2 Å². The van der Waals surface area contributed by atoms with Crippen molar-refractivity contribution in [3.05, 3.63) is 46.5 Å². The summed E-state index contributed by atoms with van der Waals surface area (Å²) in [6, 6.07) is 6.14. The SMILES string of the molecule is Cc1nc(-c2cccc(F)c2)sc1C(=O)Nc1n[nH]c(CC(C)C)n1. The Hall–Kier alpha value is -2.61. The summed E-state index contributed by atoms with van der Waals surface area (Å²) in [7, 11) is 0. The molecule has 0 unspecified atom stereocenters. The summed E-state index contributed by atoms with van der Waals surface area (Å²) < 4.78 is 13.4. The molecule has 3 aromatic rings. The molecule has 2 heterocycles. The number of hydrogen-bond acceptors (Lipinski definition) is 5. The molecule has 2 aromatic heterocycles. The number of anilines is 1. The van der Waals surface area contributed by atoms with Gasteiger partial charge in [0.1, 0.15) is 21.5 Å². The standard InChI is InChI=1S/C17H18FN5OS/c1-9(2)7-13-20-17(23-22-13)21-15(24)14-10(3)19-16(25-14)11-5-4-6-12(18)8-11/h4-6,8-9H,7H2,1-3H3,(H2,20,21,22,23,24). The van der Waals surface area contributed by atoms with E-state index in [4.69, 9.17) is 0 Å². The second-order valence-electron chi connectivity index (χ2n) is 6.10. The number of rotatable bonds is 5. The molecule has 3 rings (SSSR count). The fourth-order valence-corrected chi connectivity index (χ4v) is 3.30. The topological polar surface area (TPSA) is 83.6 Å². The number of thiazole rings is 1. The Balaban J connectivity index is 1.77. The summed E-state index contributed by atoms with van der Waals surface area (Å²) in [5.74, 6) is 0.740. The van der Waals surface area contributed by atoms with E-state index in [1.807, 2.05) is 0 Å². The minimum absolute atomic E-state index is 0.237. The number of amides is 1. The van der Waals surface area contributed by atoms with Gasteiger partial charge in [-0.15, -0.1) is 16.4 Å². The maximum absolute atomic E-state index is 13.4. The first-order valence-electron chi connectivity index (χ1n) is 7.88. The molecule has 0 atom stereocenters. The van der Waals surface area contributed by atoms with Crippen molar-refractivity contribution in [2.45, 2.75) is 27.2 Å². The van der Waals surface area contributed by atoms with E-state index < -0.39 is 0 Å². The van der Waals surface area contributed by atoms with Gasteiger partial charge in [-0.05, 0) is 25.0 Å². The Bertz CT molecular complexity index is 902. The fourth-order valence-electron chi connectivity index (χ4n) is 2.34. The van der Waals surface area contributed by atoms with E-state index >= 15 is 0 Å². The van der Waals surface area contributed by atoms with Crippen LogP contribution in [-0.4, -0.2) is 26.1 Å². The Labute approximate surface area is 148 Å². The molecule has 0 spiro atoms. The van der Waals surface area contributed by atoms with Gasteiger partial charge in [-0.1, -0.05) is 26.0 Å². The van der Waals surface area contributed by atoms with E-state index in [-0.39, 0.29) is 17.7 Å². The zero-order chi connectivity index (χ0) is 18.0. The number of carbonyl (C=O) groups is 1. The van der Waals surface area contributed by atoms with Crippen LogP contribution >= 0.6 is 11.3 Å². The number of hydrogen-bond donors (Lipinski definition) is 2. The van der Waals surface area contributed by atoms with Crippen molar-refractivity contribution < 1.29 is 9.18 Å². The highest BCUT2D eigenvalue weighted by atomic mass is 32.1. The van der Waals surface area contributed by atoms with Crippen molar-refractivity contribution in [1.29, 1.82) is 0 Å².